The highest BCUT2D eigenvalue weighted by atomic mass is 16.3. The van der Waals surface area contributed by atoms with Crippen molar-refractivity contribution < 1.29 is 9.90 Å². The summed E-state index contributed by atoms with van der Waals surface area (Å²) in [7, 11) is 0. The lowest BCUT2D eigenvalue weighted by atomic mass is 10.0. The molecule has 0 bridgehead atoms. The lowest BCUT2D eigenvalue weighted by Crippen LogP contribution is -2.14. The first-order valence-electron chi connectivity index (χ1n) is 9.48. The van der Waals surface area contributed by atoms with Gasteiger partial charge in [-0.25, -0.2) is 4.98 Å². The molecule has 0 fully saturated rings. The van der Waals surface area contributed by atoms with Gasteiger partial charge in [0.05, 0.1) is 17.9 Å². The molecule has 1 amide bonds. The number of benzene rings is 2. The molecule has 4 aromatic rings. The predicted molar refractivity (Wildman–Crippen MR) is 115 cm³/mol. The van der Waals surface area contributed by atoms with E-state index in [1.807, 2.05) is 61.5 Å². The average molecular weight is 386 g/mol. The highest BCUT2D eigenvalue weighted by molar-refractivity contribution is 6.08. The molecule has 146 valence electrons. The monoisotopic (exact) mass is 386 g/mol. The summed E-state index contributed by atoms with van der Waals surface area (Å²) in [5.74, 6) is -0.555. The third-order valence-electron chi connectivity index (χ3n) is 5.07. The van der Waals surface area contributed by atoms with Gasteiger partial charge in [0.2, 0.25) is 0 Å². The number of aromatic amines is 1. The van der Waals surface area contributed by atoms with Crippen molar-refractivity contribution in [1.29, 1.82) is 0 Å². The molecule has 0 spiro atoms. The molecule has 4 rings (SSSR count). The van der Waals surface area contributed by atoms with Crippen LogP contribution in [0.15, 0.2) is 60.8 Å². The first-order chi connectivity index (χ1) is 14.1. The maximum absolute atomic E-state index is 12.1. The van der Waals surface area contributed by atoms with E-state index in [0.717, 1.165) is 39.9 Å². The number of nitrogens with one attached hydrogen (secondary N) is 2. The molecule has 0 aliphatic heterocycles. The number of amides is 1. The number of primary amides is 1. The topological polar surface area (TPSA) is 104 Å². The van der Waals surface area contributed by atoms with Crippen molar-refractivity contribution in [3.05, 3.63) is 77.5 Å². The largest absolute Gasteiger partial charge is 0.392 e. The molecule has 0 saturated carbocycles. The number of hydrogen-bond acceptors (Lipinski definition) is 4. The molecule has 0 aliphatic carbocycles. The van der Waals surface area contributed by atoms with Gasteiger partial charge in [-0.15, -0.1) is 0 Å². The Labute approximate surface area is 168 Å². The normalized spacial score (nSPS) is 11.0. The third kappa shape index (κ3) is 3.46. The number of pyridine rings is 1. The van der Waals surface area contributed by atoms with Crippen molar-refractivity contribution in [2.24, 2.45) is 5.73 Å². The van der Waals surface area contributed by atoms with Crippen LogP contribution < -0.4 is 11.1 Å². The van der Waals surface area contributed by atoms with Gasteiger partial charge < -0.3 is 21.1 Å². The number of fused-ring (bicyclic) bond motifs is 1. The quantitative estimate of drug-likeness (QED) is 0.400. The Morgan fingerprint density at radius 1 is 1.17 bits per heavy atom. The van der Waals surface area contributed by atoms with Crippen LogP contribution in [0.3, 0.4) is 0 Å². The summed E-state index contributed by atoms with van der Waals surface area (Å²) in [6.45, 7) is 1.98. The van der Waals surface area contributed by atoms with Crippen molar-refractivity contribution in [3.8, 4) is 11.3 Å². The van der Waals surface area contributed by atoms with Crippen LogP contribution >= 0.6 is 0 Å². The lowest BCUT2D eigenvalue weighted by Gasteiger charge is -2.16. The first kappa shape index (κ1) is 18.7. The lowest BCUT2D eigenvalue weighted by molar-refractivity contribution is 0.100. The molecule has 0 radical (unpaired) electrons. The van der Waals surface area contributed by atoms with Crippen LogP contribution in [0.25, 0.3) is 22.3 Å². The molecule has 2 heterocycles. The molecule has 29 heavy (non-hydrogen) atoms. The van der Waals surface area contributed by atoms with Gasteiger partial charge in [0.15, 0.2) is 0 Å². The number of nitrogens with zero attached hydrogens (tertiary/aromatic N) is 1. The molecule has 0 atom stereocenters. The Morgan fingerprint density at radius 2 is 1.97 bits per heavy atom. The Balaban J connectivity index is 1.89. The van der Waals surface area contributed by atoms with Gasteiger partial charge in [-0.2, -0.15) is 0 Å². The van der Waals surface area contributed by atoms with Gasteiger partial charge in [-0.05, 0) is 35.2 Å². The number of aromatic nitrogens is 2. The van der Waals surface area contributed by atoms with Crippen LogP contribution in [0, 0.1) is 0 Å². The van der Waals surface area contributed by atoms with E-state index < -0.39 is 5.91 Å². The van der Waals surface area contributed by atoms with E-state index >= 15 is 0 Å². The number of H-pyrrole nitrogens is 1. The zero-order chi connectivity index (χ0) is 20.4. The summed E-state index contributed by atoms with van der Waals surface area (Å²) < 4.78 is 0. The minimum absolute atomic E-state index is 0.0462. The molecule has 2 aromatic carbocycles. The van der Waals surface area contributed by atoms with E-state index in [2.05, 4.69) is 15.3 Å². The van der Waals surface area contributed by atoms with Crippen LogP contribution in [0.2, 0.25) is 0 Å². The minimum atomic E-state index is -0.555. The van der Waals surface area contributed by atoms with Crippen molar-refractivity contribution >= 4 is 28.3 Å². The summed E-state index contributed by atoms with van der Waals surface area (Å²) in [5.41, 5.74) is 11.8. The summed E-state index contributed by atoms with van der Waals surface area (Å²) >= 11 is 0. The molecule has 0 aliphatic rings. The van der Waals surface area contributed by atoms with E-state index in [1.165, 1.54) is 6.20 Å². The zero-order valence-corrected chi connectivity index (χ0v) is 16.1. The SMILES string of the molecule is CCc1c(CO)cccc1Nc1c(C(N)=O)cnc2[nH]c(-c3ccccc3)cc12. The van der Waals surface area contributed by atoms with Crippen LogP contribution in [-0.2, 0) is 13.0 Å². The highest BCUT2D eigenvalue weighted by Gasteiger charge is 2.17. The second-order valence-electron chi connectivity index (χ2n) is 6.80. The number of aliphatic hydroxyl groups is 1. The van der Waals surface area contributed by atoms with Crippen LogP contribution in [0.1, 0.15) is 28.4 Å². The standard InChI is InChI=1S/C23H22N4O2/c1-2-16-15(13-28)9-6-10-19(16)26-21-17-11-20(14-7-4-3-5-8-14)27-23(17)25-12-18(21)22(24)29/h3-12,28H,2,13H2,1H3,(H2,24,29)(H2,25,26,27). The average Bonchev–Trinajstić information content (AvgIpc) is 3.19. The second-order valence-corrected chi connectivity index (χ2v) is 6.80. The summed E-state index contributed by atoms with van der Waals surface area (Å²) in [4.78, 5) is 19.8. The fourth-order valence-electron chi connectivity index (χ4n) is 3.62. The van der Waals surface area contributed by atoms with E-state index in [0.29, 0.717) is 16.9 Å². The van der Waals surface area contributed by atoms with Gasteiger partial charge in [0.25, 0.3) is 5.91 Å². The molecule has 0 saturated heterocycles. The van der Waals surface area contributed by atoms with Crippen molar-refractivity contribution in [3.63, 3.8) is 0 Å². The fraction of sp³-hybridized carbons (Fsp3) is 0.130. The molecule has 5 N–H and O–H groups in total. The Kier molecular flexibility index (Phi) is 5.01. The molecule has 0 unspecified atom stereocenters. The van der Waals surface area contributed by atoms with E-state index in [-0.39, 0.29) is 6.61 Å². The summed E-state index contributed by atoms with van der Waals surface area (Å²) in [5, 5.41) is 13.8. The van der Waals surface area contributed by atoms with Gasteiger partial charge in [0.1, 0.15) is 5.65 Å². The number of rotatable bonds is 6. The number of carbonyl (C=O) groups excluding carboxylic acids is 1. The summed E-state index contributed by atoms with van der Waals surface area (Å²) in [6.07, 6.45) is 2.22. The van der Waals surface area contributed by atoms with Crippen LogP contribution in [0.4, 0.5) is 11.4 Å². The maximum Gasteiger partial charge on any atom is 0.252 e. The first-order valence-corrected chi connectivity index (χ1v) is 9.48. The van der Waals surface area contributed by atoms with Crippen molar-refractivity contribution in [1.82, 2.24) is 9.97 Å². The van der Waals surface area contributed by atoms with Gasteiger partial charge in [0, 0.05) is 23.0 Å². The fourth-order valence-corrected chi connectivity index (χ4v) is 3.62. The van der Waals surface area contributed by atoms with Gasteiger partial charge in [-0.3, -0.25) is 4.79 Å². The molecular weight excluding hydrogens is 364 g/mol. The van der Waals surface area contributed by atoms with Crippen molar-refractivity contribution in [2.75, 3.05) is 5.32 Å². The zero-order valence-electron chi connectivity index (χ0n) is 16.1. The van der Waals surface area contributed by atoms with Gasteiger partial charge in [-0.1, -0.05) is 49.4 Å². The summed E-state index contributed by atoms with van der Waals surface area (Å²) in [6, 6.07) is 17.6. The number of anilines is 2. The van der Waals surface area contributed by atoms with E-state index in [4.69, 9.17) is 5.73 Å². The molecule has 6 nitrogen and oxygen atoms in total. The number of hydrogen-bond donors (Lipinski definition) is 4. The van der Waals surface area contributed by atoms with E-state index in [1.54, 1.807) is 0 Å². The van der Waals surface area contributed by atoms with E-state index in [9.17, 15) is 9.90 Å². The third-order valence-corrected chi connectivity index (χ3v) is 5.07. The second kappa shape index (κ2) is 7.77. The van der Waals surface area contributed by atoms with Crippen LogP contribution in [0.5, 0.6) is 0 Å². The highest BCUT2D eigenvalue weighted by Crippen LogP contribution is 2.34. The predicted octanol–water partition coefficient (Wildman–Crippen LogP) is 4.13. The smallest absolute Gasteiger partial charge is 0.252 e. The van der Waals surface area contributed by atoms with Gasteiger partial charge >= 0.3 is 0 Å². The Hall–Kier alpha value is -3.64. The molecule has 6 heteroatoms. The Morgan fingerprint density at radius 3 is 2.66 bits per heavy atom. The number of carbonyl (C=O) groups is 1. The maximum atomic E-state index is 12.1. The van der Waals surface area contributed by atoms with Crippen molar-refractivity contribution in [2.45, 2.75) is 20.0 Å². The molecular formula is C23H22N4O2. The number of nitrogens with two attached hydrogens (primary N) is 1. The molecule has 2 aromatic heterocycles. The Bertz CT molecular complexity index is 1180. The van der Waals surface area contributed by atoms with Crippen LogP contribution in [-0.4, -0.2) is 21.0 Å². The number of aliphatic hydroxyl groups excluding tert-OH is 1. The minimum Gasteiger partial charge on any atom is -0.392 e.